The first-order valence-corrected chi connectivity index (χ1v) is 7.19. The van der Waals surface area contributed by atoms with Gasteiger partial charge in [-0.25, -0.2) is 0 Å². The van der Waals surface area contributed by atoms with Gasteiger partial charge in [0, 0.05) is 12.5 Å². The summed E-state index contributed by atoms with van der Waals surface area (Å²) < 4.78 is 4.65. The summed E-state index contributed by atoms with van der Waals surface area (Å²) in [7, 11) is 1.41. The number of nitrogens with two attached hydrogens (primary N) is 1. The van der Waals surface area contributed by atoms with Crippen LogP contribution in [-0.4, -0.2) is 13.1 Å². The first-order valence-electron chi connectivity index (χ1n) is 7.19. The Labute approximate surface area is 125 Å². The van der Waals surface area contributed by atoms with Crippen LogP contribution in [0.5, 0.6) is 0 Å². The number of methoxy groups -OCH3 is 1. The number of carbonyl (C=O) groups is 1. The normalized spacial score (nSPS) is 11.9. The molecule has 0 aliphatic rings. The Bertz CT molecular complexity index is 581. The average molecular weight is 283 g/mol. The third-order valence-corrected chi connectivity index (χ3v) is 3.57. The fourth-order valence-corrected chi connectivity index (χ4v) is 2.42. The molecule has 0 aromatic heterocycles. The van der Waals surface area contributed by atoms with Crippen LogP contribution in [0.4, 0.5) is 0 Å². The molecule has 2 rings (SSSR count). The molecule has 2 N–H and O–H groups in total. The van der Waals surface area contributed by atoms with Crippen LogP contribution in [-0.2, 0) is 9.53 Å². The lowest BCUT2D eigenvalue weighted by molar-refractivity contribution is -0.140. The zero-order valence-corrected chi connectivity index (χ0v) is 12.3. The third kappa shape index (κ3) is 4.17. The maximum Gasteiger partial charge on any atom is 0.305 e. The number of benzene rings is 2. The van der Waals surface area contributed by atoms with E-state index in [0.717, 1.165) is 29.5 Å². The molecule has 1 atom stereocenters. The zero-order valence-electron chi connectivity index (χ0n) is 12.3. The maximum atomic E-state index is 11.2. The van der Waals surface area contributed by atoms with Crippen molar-refractivity contribution in [2.75, 3.05) is 7.11 Å². The molecule has 21 heavy (non-hydrogen) atoms. The number of carbonyl (C=O) groups excluding carboxylic acids is 1. The van der Waals surface area contributed by atoms with Crippen molar-refractivity contribution in [3.63, 3.8) is 0 Å². The quantitative estimate of drug-likeness (QED) is 0.822. The minimum absolute atomic E-state index is 0.0777. The van der Waals surface area contributed by atoms with Gasteiger partial charge in [-0.05, 0) is 29.5 Å². The highest BCUT2D eigenvalue weighted by Gasteiger charge is 2.12. The third-order valence-electron chi connectivity index (χ3n) is 3.57. The molecule has 3 nitrogen and oxygen atoms in total. The molecule has 110 valence electrons. The van der Waals surface area contributed by atoms with E-state index in [4.69, 9.17) is 5.73 Å². The second-order valence-corrected chi connectivity index (χ2v) is 5.03. The summed E-state index contributed by atoms with van der Waals surface area (Å²) in [5.41, 5.74) is 9.75. The lowest BCUT2D eigenvalue weighted by Crippen LogP contribution is -2.12. The fourth-order valence-electron chi connectivity index (χ4n) is 2.42. The van der Waals surface area contributed by atoms with Crippen molar-refractivity contribution in [1.82, 2.24) is 0 Å². The molecule has 0 aliphatic heterocycles. The molecule has 0 saturated heterocycles. The SMILES string of the molecule is COC(=O)CCCC(N)c1ccccc1-c1ccccc1. The van der Waals surface area contributed by atoms with Gasteiger partial charge in [0.15, 0.2) is 0 Å². The minimum atomic E-state index is -0.182. The van der Waals surface area contributed by atoms with Crippen LogP contribution in [0.2, 0.25) is 0 Å². The van der Waals surface area contributed by atoms with Crippen LogP contribution in [0.25, 0.3) is 11.1 Å². The van der Waals surface area contributed by atoms with E-state index in [-0.39, 0.29) is 12.0 Å². The highest BCUT2D eigenvalue weighted by atomic mass is 16.5. The number of ether oxygens (including phenoxy) is 1. The molecule has 1 unspecified atom stereocenters. The smallest absolute Gasteiger partial charge is 0.305 e. The Morgan fingerprint density at radius 1 is 1.10 bits per heavy atom. The van der Waals surface area contributed by atoms with Gasteiger partial charge in [-0.3, -0.25) is 4.79 Å². The van der Waals surface area contributed by atoms with Crippen molar-refractivity contribution in [3.8, 4) is 11.1 Å². The Kier molecular flexibility index (Phi) is 5.52. The van der Waals surface area contributed by atoms with Gasteiger partial charge in [0.05, 0.1) is 7.11 Å². The molecule has 0 aliphatic carbocycles. The molecular weight excluding hydrogens is 262 g/mol. The molecule has 3 heteroatoms. The number of rotatable bonds is 6. The van der Waals surface area contributed by atoms with Gasteiger partial charge in [0.2, 0.25) is 0 Å². The summed E-state index contributed by atoms with van der Waals surface area (Å²) in [5, 5.41) is 0. The van der Waals surface area contributed by atoms with Gasteiger partial charge in [-0.15, -0.1) is 0 Å². The van der Waals surface area contributed by atoms with Gasteiger partial charge in [-0.1, -0.05) is 54.6 Å². The minimum Gasteiger partial charge on any atom is -0.469 e. The highest BCUT2D eigenvalue weighted by molar-refractivity contribution is 5.69. The first-order chi connectivity index (χ1) is 10.2. The monoisotopic (exact) mass is 283 g/mol. The molecular formula is C18H21NO2. The van der Waals surface area contributed by atoms with Crippen LogP contribution in [0.3, 0.4) is 0 Å². The topological polar surface area (TPSA) is 52.3 Å². The van der Waals surface area contributed by atoms with Gasteiger partial charge in [0.1, 0.15) is 0 Å². The largest absolute Gasteiger partial charge is 0.469 e. The molecule has 2 aromatic carbocycles. The van der Waals surface area contributed by atoms with E-state index in [2.05, 4.69) is 29.0 Å². The average Bonchev–Trinajstić information content (AvgIpc) is 2.55. The number of esters is 1. The van der Waals surface area contributed by atoms with E-state index >= 15 is 0 Å². The second-order valence-electron chi connectivity index (χ2n) is 5.03. The molecule has 0 amide bonds. The van der Waals surface area contributed by atoms with Crippen LogP contribution < -0.4 is 5.73 Å². The van der Waals surface area contributed by atoms with E-state index in [1.165, 1.54) is 7.11 Å². The molecule has 0 radical (unpaired) electrons. The Morgan fingerprint density at radius 2 is 1.76 bits per heavy atom. The van der Waals surface area contributed by atoms with Crippen molar-refractivity contribution < 1.29 is 9.53 Å². The Morgan fingerprint density at radius 3 is 2.48 bits per heavy atom. The van der Waals surface area contributed by atoms with Crippen molar-refractivity contribution in [2.45, 2.75) is 25.3 Å². The molecule has 0 spiro atoms. The van der Waals surface area contributed by atoms with Crippen molar-refractivity contribution in [1.29, 1.82) is 0 Å². The van der Waals surface area contributed by atoms with E-state index in [9.17, 15) is 4.79 Å². The predicted octanol–water partition coefficient (Wildman–Crippen LogP) is 3.70. The summed E-state index contributed by atoms with van der Waals surface area (Å²) in [6, 6.07) is 18.3. The van der Waals surface area contributed by atoms with Crippen LogP contribution in [0.1, 0.15) is 30.9 Å². The molecule has 0 heterocycles. The maximum absolute atomic E-state index is 11.2. The van der Waals surface area contributed by atoms with Gasteiger partial charge < -0.3 is 10.5 Å². The van der Waals surface area contributed by atoms with Gasteiger partial charge >= 0.3 is 5.97 Å². The second kappa shape index (κ2) is 7.60. The van der Waals surface area contributed by atoms with Crippen molar-refractivity contribution in [2.24, 2.45) is 5.73 Å². The summed E-state index contributed by atoms with van der Waals surface area (Å²) in [5.74, 6) is -0.182. The van der Waals surface area contributed by atoms with Crippen molar-refractivity contribution >= 4 is 5.97 Å². The fraction of sp³-hybridized carbons (Fsp3) is 0.278. The molecule has 0 saturated carbocycles. The summed E-state index contributed by atoms with van der Waals surface area (Å²) in [6.07, 6.45) is 1.91. The summed E-state index contributed by atoms with van der Waals surface area (Å²) >= 11 is 0. The number of hydrogen-bond acceptors (Lipinski definition) is 3. The predicted molar refractivity (Wildman–Crippen MR) is 84.7 cm³/mol. The summed E-state index contributed by atoms with van der Waals surface area (Å²) in [6.45, 7) is 0. The highest BCUT2D eigenvalue weighted by Crippen LogP contribution is 2.29. The van der Waals surface area contributed by atoms with Gasteiger partial charge in [0.25, 0.3) is 0 Å². The number of hydrogen-bond donors (Lipinski definition) is 1. The van der Waals surface area contributed by atoms with E-state index < -0.39 is 0 Å². The van der Waals surface area contributed by atoms with E-state index in [1.807, 2.05) is 30.3 Å². The summed E-state index contributed by atoms with van der Waals surface area (Å²) in [4.78, 5) is 11.2. The van der Waals surface area contributed by atoms with Gasteiger partial charge in [-0.2, -0.15) is 0 Å². The van der Waals surface area contributed by atoms with Crippen LogP contribution >= 0.6 is 0 Å². The Balaban J connectivity index is 2.11. The van der Waals surface area contributed by atoms with E-state index in [0.29, 0.717) is 6.42 Å². The zero-order chi connectivity index (χ0) is 15.1. The molecule has 0 bridgehead atoms. The lowest BCUT2D eigenvalue weighted by Gasteiger charge is -2.16. The standard InChI is InChI=1S/C18H21NO2/c1-21-18(20)13-7-12-17(19)16-11-6-5-10-15(16)14-8-3-2-4-9-14/h2-6,8-11,17H,7,12-13,19H2,1H3. The van der Waals surface area contributed by atoms with Crippen molar-refractivity contribution in [3.05, 3.63) is 60.2 Å². The lowest BCUT2D eigenvalue weighted by atomic mass is 9.93. The molecule has 0 fully saturated rings. The van der Waals surface area contributed by atoms with Crippen LogP contribution in [0, 0.1) is 0 Å². The Hall–Kier alpha value is -2.13. The van der Waals surface area contributed by atoms with E-state index in [1.54, 1.807) is 0 Å². The molecule has 2 aromatic rings. The van der Waals surface area contributed by atoms with Crippen LogP contribution in [0.15, 0.2) is 54.6 Å². The first kappa shape index (κ1) is 15.3.